The molecule has 1 aromatic heterocycles. The Morgan fingerprint density at radius 3 is 2.79 bits per heavy atom. The van der Waals surface area contributed by atoms with Crippen LogP contribution in [0.4, 0.5) is 8.78 Å². The molecule has 1 aliphatic rings. The largest absolute Gasteiger partial charge is 0.472 e. The average molecular weight is 447 g/mol. The third kappa shape index (κ3) is 5.20. The van der Waals surface area contributed by atoms with Crippen molar-refractivity contribution in [2.45, 2.75) is 36.4 Å². The van der Waals surface area contributed by atoms with Gasteiger partial charge in [0.05, 0.1) is 18.3 Å². The van der Waals surface area contributed by atoms with Crippen molar-refractivity contribution >= 4 is 22.0 Å². The van der Waals surface area contributed by atoms with Crippen molar-refractivity contribution in [1.29, 1.82) is 0 Å². The molecule has 1 unspecified atom stereocenters. The third-order valence-electron chi connectivity index (χ3n) is 4.31. The monoisotopic (exact) mass is 446 g/mol. The van der Waals surface area contributed by atoms with Crippen molar-refractivity contribution in [1.82, 2.24) is 14.3 Å². The van der Waals surface area contributed by atoms with Crippen LogP contribution in [0.5, 0.6) is 5.88 Å². The molecule has 3 rings (SSSR count). The number of hydrogen-bond acceptors (Lipinski definition) is 7. The number of benzene rings is 1. The van der Waals surface area contributed by atoms with Crippen LogP contribution in [0.2, 0.25) is 0 Å². The zero-order chi connectivity index (χ0) is 21.2. The van der Waals surface area contributed by atoms with Gasteiger partial charge in [-0.2, -0.15) is 17.7 Å². The molecule has 2 aromatic rings. The highest BCUT2D eigenvalue weighted by molar-refractivity contribution is 7.98. The summed E-state index contributed by atoms with van der Waals surface area (Å²) in [6, 6.07) is 4.81. The van der Waals surface area contributed by atoms with Gasteiger partial charge in [0.25, 0.3) is 10.2 Å². The molecule has 0 radical (unpaired) electrons. The summed E-state index contributed by atoms with van der Waals surface area (Å²) in [6.07, 6.45) is -0.0302. The summed E-state index contributed by atoms with van der Waals surface area (Å²) in [5.41, 5.74) is 0.521. The van der Waals surface area contributed by atoms with Crippen LogP contribution in [0.25, 0.3) is 0 Å². The lowest BCUT2D eigenvalue weighted by atomic mass is 10.0. The second-order valence-corrected chi connectivity index (χ2v) is 8.93. The Bertz CT molecular complexity index is 993. The molecule has 1 fully saturated rings. The zero-order valence-electron chi connectivity index (χ0n) is 15.5. The van der Waals surface area contributed by atoms with E-state index in [1.165, 1.54) is 18.2 Å². The number of ether oxygens (including phenoxy) is 1. The predicted octanol–water partition coefficient (Wildman–Crippen LogP) is 1.76. The summed E-state index contributed by atoms with van der Waals surface area (Å²) in [7, 11) is -3.89. The zero-order valence-corrected chi connectivity index (χ0v) is 17.1. The summed E-state index contributed by atoms with van der Waals surface area (Å²) >= 11 is 1.05. The van der Waals surface area contributed by atoms with Crippen LogP contribution in [0.3, 0.4) is 0 Å². The smallest absolute Gasteiger partial charge is 0.277 e. The molecule has 1 aliphatic heterocycles. The molecule has 12 heteroatoms. The third-order valence-corrected chi connectivity index (χ3v) is 6.30. The number of aromatic nitrogens is 2. The lowest BCUT2D eigenvalue weighted by Crippen LogP contribution is -2.48. The molecule has 0 bridgehead atoms. The Balaban J connectivity index is 1.87. The van der Waals surface area contributed by atoms with Gasteiger partial charge in [0.1, 0.15) is 6.10 Å². The first-order chi connectivity index (χ1) is 13.7. The molecule has 29 heavy (non-hydrogen) atoms. The van der Waals surface area contributed by atoms with Gasteiger partial charge in [0.2, 0.25) is 5.88 Å². The van der Waals surface area contributed by atoms with Crippen molar-refractivity contribution in [2.24, 2.45) is 5.14 Å². The summed E-state index contributed by atoms with van der Waals surface area (Å²) in [5, 5.41) is 14.6. The molecule has 158 valence electrons. The van der Waals surface area contributed by atoms with Gasteiger partial charge in [-0.1, -0.05) is 23.9 Å². The minimum absolute atomic E-state index is 0.0611. The number of hydrogen-bond donors (Lipinski definition) is 2. The molecule has 2 heterocycles. The Kier molecular flexibility index (Phi) is 6.69. The van der Waals surface area contributed by atoms with Crippen molar-refractivity contribution in [3.05, 3.63) is 47.2 Å². The van der Waals surface area contributed by atoms with Crippen LogP contribution in [0.15, 0.2) is 29.4 Å². The summed E-state index contributed by atoms with van der Waals surface area (Å²) in [5.74, 6) is -1.69. The van der Waals surface area contributed by atoms with Gasteiger partial charge in [0.15, 0.2) is 16.8 Å². The van der Waals surface area contributed by atoms with E-state index < -0.39 is 34.0 Å². The fourth-order valence-electron chi connectivity index (χ4n) is 2.73. The van der Waals surface area contributed by atoms with Crippen molar-refractivity contribution in [3.8, 4) is 5.88 Å². The SMILES string of the molecule is C[C@H](CO)Oc1cc(C2CCN2S(N)(=O)=O)nc(SCc2cccc(F)c2F)n1. The van der Waals surface area contributed by atoms with Crippen LogP contribution < -0.4 is 9.88 Å². The fourth-order valence-corrected chi connectivity index (χ4v) is 4.49. The van der Waals surface area contributed by atoms with E-state index in [4.69, 9.17) is 9.88 Å². The normalized spacial score (nSPS) is 18.3. The highest BCUT2D eigenvalue weighted by Gasteiger charge is 2.38. The first-order valence-corrected chi connectivity index (χ1v) is 11.2. The maximum absolute atomic E-state index is 13.9. The Morgan fingerprint density at radius 2 is 2.17 bits per heavy atom. The van der Waals surface area contributed by atoms with E-state index in [0.717, 1.165) is 22.1 Å². The molecular formula is C17H20F2N4O4S2. The van der Waals surface area contributed by atoms with Crippen molar-refractivity contribution < 1.29 is 27.0 Å². The predicted molar refractivity (Wildman–Crippen MR) is 102 cm³/mol. The van der Waals surface area contributed by atoms with Crippen molar-refractivity contribution in [3.63, 3.8) is 0 Å². The molecule has 3 N–H and O–H groups in total. The lowest BCUT2D eigenvalue weighted by molar-refractivity contribution is 0.123. The van der Waals surface area contributed by atoms with Crippen LogP contribution in [-0.4, -0.2) is 47.1 Å². The molecule has 0 saturated carbocycles. The quantitative estimate of drug-likeness (QED) is 0.468. The molecule has 0 aliphatic carbocycles. The molecule has 8 nitrogen and oxygen atoms in total. The van der Waals surface area contributed by atoms with Gasteiger partial charge in [0, 0.05) is 23.9 Å². The number of rotatable bonds is 8. The highest BCUT2D eigenvalue weighted by atomic mass is 32.2. The molecule has 0 spiro atoms. The number of aliphatic hydroxyl groups is 1. The van der Waals surface area contributed by atoms with Crippen LogP contribution >= 0.6 is 11.8 Å². The number of nitrogens with two attached hydrogens (primary N) is 1. The molecule has 0 amide bonds. The van der Waals surface area contributed by atoms with Crippen molar-refractivity contribution in [2.75, 3.05) is 13.2 Å². The maximum Gasteiger partial charge on any atom is 0.277 e. The van der Waals surface area contributed by atoms with Gasteiger partial charge in [-0.3, -0.25) is 0 Å². The van der Waals surface area contributed by atoms with Gasteiger partial charge < -0.3 is 9.84 Å². The van der Waals surface area contributed by atoms with E-state index in [2.05, 4.69) is 9.97 Å². The van der Waals surface area contributed by atoms with E-state index in [-0.39, 0.29) is 35.5 Å². The molecular weight excluding hydrogens is 426 g/mol. The van der Waals surface area contributed by atoms with Gasteiger partial charge >= 0.3 is 0 Å². The van der Waals surface area contributed by atoms with Crippen LogP contribution in [0, 0.1) is 11.6 Å². The average Bonchev–Trinajstić information content (AvgIpc) is 2.60. The maximum atomic E-state index is 13.9. The number of aliphatic hydroxyl groups excluding tert-OH is 1. The second kappa shape index (κ2) is 8.88. The minimum Gasteiger partial charge on any atom is -0.472 e. The summed E-state index contributed by atoms with van der Waals surface area (Å²) in [6.45, 7) is 1.66. The van der Waals surface area contributed by atoms with Gasteiger partial charge in [-0.15, -0.1) is 0 Å². The number of nitrogens with zero attached hydrogens (tertiary/aromatic N) is 3. The van der Waals surface area contributed by atoms with E-state index >= 15 is 0 Å². The summed E-state index contributed by atoms with van der Waals surface area (Å²) < 4.78 is 57.3. The Hall–Kier alpha value is -1.86. The topological polar surface area (TPSA) is 119 Å². The first-order valence-electron chi connectivity index (χ1n) is 8.70. The number of halogens is 2. The summed E-state index contributed by atoms with van der Waals surface area (Å²) in [4.78, 5) is 8.57. The van der Waals surface area contributed by atoms with E-state index in [1.807, 2.05) is 0 Å². The Morgan fingerprint density at radius 1 is 1.41 bits per heavy atom. The van der Waals surface area contributed by atoms with E-state index in [9.17, 15) is 22.3 Å². The minimum atomic E-state index is -3.89. The first kappa shape index (κ1) is 21.8. The second-order valence-electron chi connectivity index (χ2n) is 6.49. The Labute approximate surface area is 171 Å². The van der Waals surface area contributed by atoms with E-state index in [0.29, 0.717) is 12.1 Å². The van der Waals surface area contributed by atoms with Crippen LogP contribution in [0.1, 0.15) is 30.6 Å². The lowest BCUT2D eigenvalue weighted by Gasteiger charge is -2.37. The van der Waals surface area contributed by atoms with Crippen LogP contribution in [-0.2, 0) is 16.0 Å². The molecule has 1 aromatic carbocycles. The van der Waals surface area contributed by atoms with Gasteiger partial charge in [-0.05, 0) is 19.4 Å². The van der Waals surface area contributed by atoms with E-state index in [1.54, 1.807) is 6.92 Å². The highest BCUT2D eigenvalue weighted by Crippen LogP contribution is 2.36. The fraction of sp³-hybridized carbons (Fsp3) is 0.412. The molecule has 1 saturated heterocycles. The number of thioether (sulfide) groups is 1. The molecule has 2 atom stereocenters. The van der Waals surface area contributed by atoms with Gasteiger partial charge in [-0.25, -0.2) is 18.9 Å². The standard InChI is InChI=1S/C17H20F2N4O4S2/c1-10(8-24)27-15-7-13(14-5-6-23(14)29(20,25)26)21-17(22-15)28-9-11-3-2-4-12(18)16(11)19/h2-4,7,10,14,24H,5-6,8-9H2,1H3,(H2,20,25,26)/t10-,14?/m1/s1.